The number of hydrogen-bond acceptors (Lipinski definition) is 2. The zero-order chi connectivity index (χ0) is 11.0. The van der Waals surface area contributed by atoms with Gasteiger partial charge in [0.2, 0.25) is 0 Å². The first-order valence-electron chi connectivity index (χ1n) is 7.32. The largest absolute Gasteiger partial charge is 0.313 e. The zero-order valence-electron chi connectivity index (χ0n) is 10.6. The van der Waals surface area contributed by atoms with Gasteiger partial charge in [0.1, 0.15) is 0 Å². The lowest BCUT2D eigenvalue weighted by Crippen LogP contribution is -2.43. The molecule has 3 fully saturated rings. The SMILES string of the molecule is CC(CC1CC1)N(CC1CCCN1)C1CC1. The van der Waals surface area contributed by atoms with Crippen LogP contribution in [0.3, 0.4) is 0 Å². The molecule has 1 saturated heterocycles. The van der Waals surface area contributed by atoms with Crippen molar-refractivity contribution in [2.45, 2.75) is 70.0 Å². The van der Waals surface area contributed by atoms with E-state index in [1.807, 2.05) is 0 Å². The highest BCUT2D eigenvalue weighted by Gasteiger charge is 2.36. The fourth-order valence-electron chi connectivity index (χ4n) is 3.23. The van der Waals surface area contributed by atoms with Crippen molar-refractivity contribution in [3.05, 3.63) is 0 Å². The van der Waals surface area contributed by atoms with E-state index < -0.39 is 0 Å². The van der Waals surface area contributed by atoms with Crippen LogP contribution in [0.2, 0.25) is 0 Å². The molecule has 92 valence electrons. The van der Waals surface area contributed by atoms with Gasteiger partial charge in [-0.2, -0.15) is 0 Å². The Morgan fingerprint density at radius 3 is 2.56 bits per heavy atom. The highest BCUT2D eigenvalue weighted by molar-refractivity contribution is 4.92. The van der Waals surface area contributed by atoms with Crippen molar-refractivity contribution in [2.24, 2.45) is 5.92 Å². The maximum atomic E-state index is 3.65. The molecule has 2 unspecified atom stereocenters. The van der Waals surface area contributed by atoms with Crippen molar-refractivity contribution in [3.63, 3.8) is 0 Å². The second kappa shape index (κ2) is 4.66. The first-order valence-corrected chi connectivity index (χ1v) is 7.32. The summed E-state index contributed by atoms with van der Waals surface area (Å²) in [7, 11) is 0. The molecule has 2 nitrogen and oxygen atoms in total. The van der Waals surface area contributed by atoms with Crippen molar-refractivity contribution in [1.29, 1.82) is 0 Å². The smallest absolute Gasteiger partial charge is 0.0195 e. The molecule has 1 heterocycles. The van der Waals surface area contributed by atoms with E-state index in [-0.39, 0.29) is 0 Å². The molecule has 1 aliphatic heterocycles. The van der Waals surface area contributed by atoms with Crippen LogP contribution in [0.1, 0.15) is 51.9 Å². The lowest BCUT2D eigenvalue weighted by Gasteiger charge is -2.31. The Morgan fingerprint density at radius 2 is 2.00 bits per heavy atom. The Morgan fingerprint density at radius 1 is 1.19 bits per heavy atom. The molecule has 3 aliphatic rings. The molecule has 2 atom stereocenters. The first-order chi connectivity index (χ1) is 7.83. The molecule has 2 aliphatic carbocycles. The molecular formula is C14H26N2. The second-order valence-electron chi connectivity index (χ2n) is 6.25. The fourth-order valence-corrected chi connectivity index (χ4v) is 3.23. The van der Waals surface area contributed by atoms with Crippen LogP contribution < -0.4 is 5.32 Å². The summed E-state index contributed by atoms with van der Waals surface area (Å²) in [5.74, 6) is 1.08. The van der Waals surface area contributed by atoms with Gasteiger partial charge >= 0.3 is 0 Å². The second-order valence-corrected chi connectivity index (χ2v) is 6.25. The van der Waals surface area contributed by atoms with Gasteiger partial charge in [0.25, 0.3) is 0 Å². The van der Waals surface area contributed by atoms with E-state index >= 15 is 0 Å². The van der Waals surface area contributed by atoms with Crippen molar-refractivity contribution in [1.82, 2.24) is 10.2 Å². The van der Waals surface area contributed by atoms with Gasteiger partial charge < -0.3 is 5.32 Å². The monoisotopic (exact) mass is 222 g/mol. The van der Waals surface area contributed by atoms with Gasteiger partial charge in [-0.25, -0.2) is 0 Å². The Bertz CT molecular complexity index is 227. The van der Waals surface area contributed by atoms with Crippen LogP contribution in [0.4, 0.5) is 0 Å². The molecular weight excluding hydrogens is 196 g/mol. The first kappa shape index (κ1) is 11.0. The van der Waals surface area contributed by atoms with E-state index in [0.717, 1.165) is 24.0 Å². The van der Waals surface area contributed by atoms with Crippen molar-refractivity contribution in [2.75, 3.05) is 13.1 Å². The maximum absolute atomic E-state index is 3.65. The summed E-state index contributed by atoms with van der Waals surface area (Å²) in [6.07, 6.45) is 10.2. The minimum Gasteiger partial charge on any atom is -0.313 e. The van der Waals surface area contributed by atoms with Crippen molar-refractivity contribution in [3.8, 4) is 0 Å². The molecule has 2 saturated carbocycles. The predicted octanol–water partition coefficient (Wildman–Crippen LogP) is 2.39. The third-order valence-corrected chi connectivity index (χ3v) is 4.55. The van der Waals surface area contributed by atoms with Gasteiger partial charge in [0.05, 0.1) is 0 Å². The molecule has 1 N–H and O–H groups in total. The van der Waals surface area contributed by atoms with Gasteiger partial charge in [-0.3, -0.25) is 4.90 Å². The summed E-state index contributed by atoms with van der Waals surface area (Å²) in [4.78, 5) is 2.82. The normalized spacial score (nSPS) is 32.2. The summed E-state index contributed by atoms with van der Waals surface area (Å²) in [6.45, 7) is 5.03. The Hall–Kier alpha value is -0.0800. The molecule has 16 heavy (non-hydrogen) atoms. The average molecular weight is 222 g/mol. The van der Waals surface area contributed by atoms with Gasteiger partial charge in [0, 0.05) is 24.7 Å². The van der Waals surface area contributed by atoms with E-state index in [0.29, 0.717) is 0 Å². The molecule has 0 radical (unpaired) electrons. The fraction of sp³-hybridized carbons (Fsp3) is 1.00. The highest BCUT2D eigenvalue weighted by atomic mass is 15.2. The Balaban J connectivity index is 1.52. The standard InChI is InChI=1S/C14H26N2/c1-11(9-12-4-5-12)16(14-6-7-14)10-13-3-2-8-15-13/h11-15H,2-10H2,1H3. The van der Waals surface area contributed by atoms with Gasteiger partial charge in [-0.15, -0.1) is 0 Å². The third kappa shape index (κ3) is 2.78. The highest BCUT2D eigenvalue weighted by Crippen LogP contribution is 2.37. The lowest BCUT2D eigenvalue weighted by atomic mass is 10.1. The van der Waals surface area contributed by atoms with Gasteiger partial charge in [-0.05, 0) is 51.5 Å². The van der Waals surface area contributed by atoms with E-state index in [1.165, 1.54) is 58.0 Å². The van der Waals surface area contributed by atoms with Crippen LogP contribution in [-0.4, -0.2) is 36.1 Å². The molecule has 2 heteroatoms. The molecule has 0 bridgehead atoms. The van der Waals surface area contributed by atoms with Crippen LogP contribution in [-0.2, 0) is 0 Å². The van der Waals surface area contributed by atoms with Gasteiger partial charge in [0.15, 0.2) is 0 Å². The quantitative estimate of drug-likeness (QED) is 0.742. The van der Waals surface area contributed by atoms with Crippen molar-refractivity contribution >= 4 is 0 Å². The van der Waals surface area contributed by atoms with E-state index in [2.05, 4.69) is 17.1 Å². The maximum Gasteiger partial charge on any atom is 0.0195 e. The van der Waals surface area contributed by atoms with Crippen LogP contribution >= 0.6 is 0 Å². The topological polar surface area (TPSA) is 15.3 Å². The van der Waals surface area contributed by atoms with Gasteiger partial charge in [-0.1, -0.05) is 12.8 Å². The molecule has 0 aromatic rings. The summed E-state index contributed by atoms with van der Waals surface area (Å²) in [6, 6.07) is 2.57. The molecule has 3 rings (SSSR count). The number of nitrogens with zero attached hydrogens (tertiary/aromatic N) is 1. The number of hydrogen-bond donors (Lipinski definition) is 1. The summed E-state index contributed by atoms with van der Waals surface area (Å²) in [5.41, 5.74) is 0. The molecule has 0 amide bonds. The summed E-state index contributed by atoms with van der Waals surface area (Å²) >= 11 is 0. The van der Waals surface area contributed by atoms with Crippen LogP contribution in [0.15, 0.2) is 0 Å². The Labute approximate surface area is 99.8 Å². The minimum atomic E-state index is 0.794. The van der Waals surface area contributed by atoms with Crippen molar-refractivity contribution < 1.29 is 0 Å². The van der Waals surface area contributed by atoms with Crippen LogP contribution in [0.5, 0.6) is 0 Å². The lowest BCUT2D eigenvalue weighted by molar-refractivity contribution is 0.168. The van der Waals surface area contributed by atoms with E-state index in [1.54, 1.807) is 0 Å². The number of rotatable bonds is 6. The van der Waals surface area contributed by atoms with E-state index in [4.69, 9.17) is 0 Å². The molecule has 0 spiro atoms. The third-order valence-electron chi connectivity index (χ3n) is 4.55. The Kier molecular flexibility index (Phi) is 3.21. The van der Waals surface area contributed by atoms with E-state index in [9.17, 15) is 0 Å². The number of nitrogens with one attached hydrogen (secondary N) is 1. The minimum absolute atomic E-state index is 0.794. The molecule has 0 aromatic carbocycles. The van der Waals surface area contributed by atoms with Crippen LogP contribution in [0.25, 0.3) is 0 Å². The molecule has 0 aromatic heterocycles. The summed E-state index contributed by atoms with van der Waals surface area (Å²) < 4.78 is 0. The predicted molar refractivity (Wildman–Crippen MR) is 67.6 cm³/mol. The zero-order valence-corrected chi connectivity index (χ0v) is 10.6. The average Bonchev–Trinajstić information content (AvgIpc) is 3.18. The van der Waals surface area contributed by atoms with Crippen LogP contribution in [0, 0.1) is 5.92 Å². The summed E-state index contributed by atoms with van der Waals surface area (Å²) in [5, 5.41) is 3.65.